The van der Waals surface area contributed by atoms with Crippen molar-refractivity contribution in [3.05, 3.63) is 35.9 Å². The predicted molar refractivity (Wildman–Crippen MR) is 111 cm³/mol. The Morgan fingerprint density at radius 1 is 1.28 bits per heavy atom. The van der Waals surface area contributed by atoms with Crippen LogP contribution in [0.1, 0.15) is 37.0 Å². The van der Waals surface area contributed by atoms with E-state index < -0.39 is 0 Å². The minimum atomic E-state index is 0.0503. The van der Waals surface area contributed by atoms with Crippen LogP contribution in [0.25, 0.3) is 0 Å². The number of methoxy groups -OCH3 is 1. The van der Waals surface area contributed by atoms with Gasteiger partial charge >= 0.3 is 0 Å². The fourth-order valence-corrected chi connectivity index (χ4v) is 4.27. The van der Waals surface area contributed by atoms with Gasteiger partial charge in [0.05, 0.1) is 19.7 Å². The smallest absolute Gasteiger partial charge is 0.224 e. The topological polar surface area (TPSA) is 66.7 Å². The molecule has 1 aromatic carbocycles. The molecule has 1 atom stereocenters. The van der Waals surface area contributed by atoms with Gasteiger partial charge in [-0.1, -0.05) is 6.07 Å². The van der Waals surface area contributed by atoms with E-state index in [1.807, 2.05) is 36.2 Å². The number of rotatable bonds is 6. The summed E-state index contributed by atoms with van der Waals surface area (Å²) in [4.78, 5) is 19.4. The van der Waals surface area contributed by atoms with Crippen LogP contribution in [0.3, 0.4) is 0 Å². The molecule has 8 heteroatoms. The highest BCUT2D eigenvalue weighted by molar-refractivity contribution is 5.77. The third-order valence-electron chi connectivity index (χ3n) is 6.00. The zero-order chi connectivity index (χ0) is 20.4. The number of amides is 1. The normalized spacial score (nSPS) is 19.3. The number of carbonyl (C=O) groups is 1. The molecule has 0 spiro atoms. The number of fused-ring (bicyclic) bond motifs is 1. The summed E-state index contributed by atoms with van der Waals surface area (Å²) < 4.78 is 7.52. The van der Waals surface area contributed by atoms with E-state index in [1.54, 1.807) is 7.11 Å². The third kappa shape index (κ3) is 4.07. The lowest BCUT2D eigenvalue weighted by Gasteiger charge is -2.28. The Morgan fingerprint density at radius 3 is 2.97 bits per heavy atom. The molecule has 2 aliphatic heterocycles. The maximum atomic E-state index is 13.0. The van der Waals surface area contributed by atoms with E-state index >= 15 is 0 Å². The maximum Gasteiger partial charge on any atom is 0.224 e. The zero-order valence-electron chi connectivity index (χ0n) is 17.5. The quantitative estimate of drug-likeness (QED) is 0.741. The molecule has 1 fully saturated rings. The summed E-state index contributed by atoms with van der Waals surface area (Å²) in [6.07, 6.45) is 2.46. The molecular weight excluding hydrogens is 368 g/mol. The molecule has 8 nitrogen and oxygen atoms in total. The van der Waals surface area contributed by atoms with Crippen LogP contribution >= 0.6 is 0 Å². The molecule has 0 N–H and O–H groups in total. The Morgan fingerprint density at radius 2 is 2.14 bits per heavy atom. The Bertz CT molecular complexity index is 867. The number of nitrogens with zero attached hydrogens (tertiary/aromatic N) is 6. The van der Waals surface area contributed by atoms with Gasteiger partial charge in [-0.2, -0.15) is 0 Å². The molecule has 0 aliphatic carbocycles. The Balaban J connectivity index is 1.41. The van der Waals surface area contributed by atoms with E-state index in [0.717, 1.165) is 62.1 Å². The summed E-state index contributed by atoms with van der Waals surface area (Å²) in [6, 6.07) is 7.96. The maximum absolute atomic E-state index is 13.0. The van der Waals surface area contributed by atoms with Crippen LogP contribution in [0.5, 0.6) is 5.75 Å². The second-order valence-corrected chi connectivity index (χ2v) is 7.98. The molecule has 0 radical (unpaired) electrons. The molecule has 1 saturated heterocycles. The van der Waals surface area contributed by atoms with E-state index in [1.165, 1.54) is 0 Å². The van der Waals surface area contributed by atoms with E-state index in [9.17, 15) is 4.79 Å². The lowest BCUT2D eigenvalue weighted by molar-refractivity contribution is -0.132. The van der Waals surface area contributed by atoms with Gasteiger partial charge in [-0.3, -0.25) is 9.69 Å². The SMILES string of the molecule is COc1cccc(N(C)CCC(=O)N2CCCC2c2nnc3n2CCN(C)C3)c1. The van der Waals surface area contributed by atoms with Crippen LogP contribution in [0, 0.1) is 0 Å². The molecule has 29 heavy (non-hydrogen) atoms. The number of likely N-dealkylation sites (N-methyl/N-ethyl adjacent to an activating group) is 1. The van der Waals surface area contributed by atoms with Gasteiger partial charge in [0, 0.05) is 51.4 Å². The molecule has 0 bridgehead atoms. The summed E-state index contributed by atoms with van der Waals surface area (Å²) in [5.41, 5.74) is 1.05. The number of anilines is 1. The van der Waals surface area contributed by atoms with E-state index in [0.29, 0.717) is 13.0 Å². The summed E-state index contributed by atoms with van der Waals surface area (Å²) in [5, 5.41) is 8.87. The molecule has 156 valence electrons. The minimum absolute atomic E-state index is 0.0503. The van der Waals surface area contributed by atoms with Crippen LogP contribution in [-0.2, 0) is 17.9 Å². The average Bonchev–Trinajstić information content (AvgIpc) is 3.38. The molecule has 2 aliphatic rings. The van der Waals surface area contributed by atoms with Crippen LogP contribution in [0.15, 0.2) is 24.3 Å². The van der Waals surface area contributed by atoms with Gasteiger partial charge in [0.25, 0.3) is 0 Å². The van der Waals surface area contributed by atoms with Crippen molar-refractivity contribution in [1.82, 2.24) is 24.6 Å². The van der Waals surface area contributed by atoms with Gasteiger partial charge in [0.15, 0.2) is 5.82 Å². The van der Waals surface area contributed by atoms with Gasteiger partial charge in [-0.05, 0) is 32.0 Å². The molecular formula is C21H30N6O2. The highest BCUT2D eigenvalue weighted by Gasteiger charge is 2.34. The molecule has 3 heterocycles. The number of likely N-dealkylation sites (tertiary alicyclic amines) is 1. The predicted octanol–water partition coefficient (Wildman–Crippen LogP) is 1.92. The summed E-state index contributed by atoms with van der Waals surface area (Å²) in [6.45, 7) is 4.17. The monoisotopic (exact) mass is 398 g/mol. The first-order valence-corrected chi connectivity index (χ1v) is 10.3. The van der Waals surface area contributed by atoms with Crippen molar-refractivity contribution < 1.29 is 9.53 Å². The summed E-state index contributed by atoms with van der Waals surface area (Å²) in [5.74, 6) is 2.97. The first-order chi connectivity index (χ1) is 14.1. The summed E-state index contributed by atoms with van der Waals surface area (Å²) >= 11 is 0. The highest BCUT2D eigenvalue weighted by Crippen LogP contribution is 2.32. The van der Waals surface area contributed by atoms with Crippen molar-refractivity contribution in [2.75, 3.05) is 45.7 Å². The average molecular weight is 399 g/mol. The van der Waals surface area contributed by atoms with Crippen LogP contribution < -0.4 is 9.64 Å². The largest absolute Gasteiger partial charge is 0.497 e. The van der Waals surface area contributed by atoms with Crippen molar-refractivity contribution in [3.63, 3.8) is 0 Å². The molecule has 0 saturated carbocycles. The van der Waals surface area contributed by atoms with E-state index in [4.69, 9.17) is 4.74 Å². The Kier molecular flexibility index (Phi) is 5.71. The molecule has 4 rings (SSSR count). The van der Waals surface area contributed by atoms with E-state index in [-0.39, 0.29) is 11.9 Å². The number of ether oxygens (including phenoxy) is 1. The zero-order valence-corrected chi connectivity index (χ0v) is 17.5. The van der Waals surface area contributed by atoms with Gasteiger partial charge < -0.3 is 19.1 Å². The molecule has 1 unspecified atom stereocenters. The first kappa shape index (κ1) is 19.7. The number of aromatic nitrogens is 3. The fraction of sp³-hybridized carbons (Fsp3) is 0.571. The van der Waals surface area contributed by atoms with Crippen LogP contribution in [-0.4, -0.2) is 71.3 Å². The van der Waals surface area contributed by atoms with Crippen LogP contribution in [0.4, 0.5) is 5.69 Å². The number of hydrogen-bond donors (Lipinski definition) is 0. The van der Waals surface area contributed by atoms with Gasteiger partial charge in [-0.15, -0.1) is 10.2 Å². The number of carbonyl (C=O) groups excluding carboxylic acids is 1. The lowest BCUT2D eigenvalue weighted by Crippen LogP contribution is -2.36. The van der Waals surface area contributed by atoms with Crippen molar-refractivity contribution in [2.24, 2.45) is 0 Å². The van der Waals surface area contributed by atoms with Crippen molar-refractivity contribution >= 4 is 11.6 Å². The minimum Gasteiger partial charge on any atom is -0.497 e. The second kappa shape index (κ2) is 8.41. The number of benzene rings is 1. The van der Waals surface area contributed by atoms with E-state index in [2.05, 4.69) is 31.6 Å². The highest BCUT2D eigenvalue weighted by atomic mass is 16.5. The fourth-order valence-electron chi connectivity index (χ4n) is 4.27. The Hall–Kier alpha value is -2.61. The number of hydrogen-bond acceptors (Lipinski definition) is 6. The lowest BCUT2D eigenvalue weighted by atomic mass is 10.2. The molecule has 2 aromatic rings. The summed E-state index contributed by atoms with van der Waals surface area (Å²) in [7, 11) is 5.77. The third-order valence-corrected chi connectivity index (χ3v) is 6.00. The Labute approximate surface area is 172 Å². The van der Waals surface area contributed by atoms with Gasteiger partial charge in [-0.25, -0.2) is 0 Å². The first-order valence-electron chi connectivity index (χ1n) is 10.3. The van der Waals surface area contributed by atoms with Crippen molar-refractivity contribution in [2.45, 2.75) is 38.4 Å². The second-order valence-electron chi connectivity index (χ2n) is 7.98. The van der Waals surface area contributed by atoms with Crippen LogP contribution in [0.2, 0.25) is 0 Å². The van der Waals surface area contributed by atoms with Crippen molar-refractivity contribution in [3.8, 4) is 5.75 Å². The standard InChI is InChI=1S/C21H30N6O2/c1-24-12-13-27-19(15-24)22-23-21(27)18-8-5-10-26(18)20(28)9-11-25(2)16-6-4-7-17(14-16)29-3/h4,6-7,14,18H,5,8-13,15H2,1-3H3. The molecule has 1 aromatic heterocycles. The molecule has 1 amide bonds. The van der Waals surface area contributed by atoms with Gasteiger partial charge in [0.1, 0.15) is 11.6 Å². The van der Waals surface area contributed by atoms with Gasteiger partial charge in [0.2, 0.25) is 5.91 Å². The van der Waals surface area contributed by atoms with Crippen molar-refractivity contribution in [1.29, 1.82) is 0 Å².